The number of amides is 1. The van der Waals surface area contributed by atoms with Crippen LogP contribution in [-0.4, -0.2) is 56.0 Å². The maximum absolute atomic E-state index is 12.3. The van der Waals surface area contributed by atoms with Crippen molar-refractivity contribution in [3.8, 4) is 0 Å². The molecule has 104 valence electrons. The second-order valence-electron chi connectivity index (χ2n) is 4.46. The van der Waals surface area contributed by atoms with Gasteiger partial charge in [0, 0.05) is 35.3 Å². The molecule has 0 spiro atoms. The molecule has 0 radical (unpaired) electrons. The van der Waals surface area contributed by atoms with E-state index in [0.717, 1.165) is 3.57 Å². The van der Waals surface area contributed by atoms with E-state index in [9.17, 15) is 13.2 Å². The quantitative estimate of drug-likeness (QED) is 0.704. The second kappa shape index (κ2) is 5.76. The van der Waals surface area contributed by atoms with Crippen molar-refractivity contribution < 1.29 is 13.2 Å². The van der Waals surface area contributed by atoms with Crippen molar-refractivity contribution in [3.05, 3.63) is 33.4 Å². The highest BCUT2D eigenvalue weighted by Crippen LogP contribution is 2.13. The van der Waals surface area contributed by atoms with E-state index in [-0.39, 0.29) is 5.91 Å². The lowest BCUT2D eigenvalue weighted by Gasteiger charge is -2.33. The molecule has 1 heterocycles. The number of nitrogens with zero attached hydrogens (tertiary/aromatic N) is 2. The Balaban J connectivity index is 2.04. The molecule has 1 aromatic carbocycles. The van der Waals surface area contributed by atoms with Crippen LogP contribution in [0.15, 0.2) is 24.3 Å². The molecule has 0 saturated carbocycles. The van der Waals surface area contributed by atoms with E-state index in [1.54, 1.807) is 11.0 Å². The molecule has 5 nitrogen and oxygen atoms in total. The fraction of sp³-hybridized carbons (Fsp3) is 0.417. The molecule has 1 amide bonds. The van der Waals surface area contributed by atoms with Gasteiger partial charge in [-0.2, -0.15) is 4.31 Å². The van der Waals surface area contributed by atoms with Crippen LogP contribution in [0, 0.1) is 3.57 Å². The van der Waals surface area contributed by atoms with E-state index in [4.69, 9.17) is 0 Å². The summed E-state index contributed by atoms with van der Waals surface area (Å²) in [6.07, 6.45) is 1.20. The summed E-state index contributed by atoms with van der Waals surface area (Å²) in [7, 11) is -3.15. The van der Waals surface area contributed by atoms with Gasteiger partial charge < -0.3 is 4.90 Å². The Labute approximate surface area is 126 Å². The van der Waals surface area contributed by atoms with Crippen LogP contribution >= 0.6 is 22.6 Å². The molecule has 1 aliphatic rings. The number of halogens is 1. The molecule has 0 aliphatic carbocycles. The molecule has 0 bridgehead atoms. The van der Waals surface area contributed by atoms with Gasteiger partial charge in [-0.3, -0.25) is 4.79 Å². The van der Waals surface area contributed by atoms with E-state index in [1.807, 2.05) is 18.2 Å². The molecular formula is C12H15IN2O3S. The lowest BCUT2D eigenvalue weighted by molar-refractivity contribution is 0.0698. The van der Waals surface area contributed by atoms with E-state index in [2.05, 4.69) is 22.6 Å². The fourth-order valence-corrected chi connectivity index (χ4v) is 3.40. The van der Waals surface area contributed by atoms with Crippen LogP contribution in [0.2, 0.25) is 0 Å². The number of rotatable bonds is 2. The van der Waals surface area contributed by atoms with E-state index >= 15 is 0 Å². The standard InChI is InChI=1S/C12H15IN2O3S/c1-19(17,18)15-7-5-14(6-8-15)12(16)10-3-2-4-11(13)9-10/h2-4,9H,5-8H2,1H3. The summed E-state index contributed by atoms with van der Waals surface area (Å²) in [6.45, 7) is 1.62. The van der Waals surface area contributed by atoms with Crippen molar-refractivity contribution in [1.29, 1.82) is 0 Å². The van der Waals surface area contributed by atoms with Gasteiger partial charge in [0.05, 0.1) is 6.26 Å². The molecule has 0 N–H and O–H groups in total. The van der Waals surface area contributed by atoms with Crippen LogP contribution in [0.4, 0.5) is 0 Å². The second-order valence-corrected chi connectivity index (χ2v) is 7.69. The molecule has 1 aromatic rings. The Morgan fingerprint density at radius 3 is 2.37 bits per heavy atom. The van der Waals surface area contributed by atoms with Gasteiger partial charge in [-0.1, -0.05) is 6.07 Å². The first kappa shape index (κ1) is 14.7. The third-order valence-electron chi connectivity index (χ3n) is 3.07. The summed E-state index contributed by atoms with van der Waals surface area (Å²) >= 11 is 2.17. The minimum atomic E-state index is -3.15. The zero-order chi connectivity index (χ0) is 14.0. The summed E-state index contributed by atoms with van der Waals surface area (Å²) in [4.78, 5) is 14.0. The van der Waals surface area contributed by atoms with Crippen molar-refractivity contribution in [2.45, 2.75) is 0 Å². The fourth-order valence-electron chi connectivity index (χ4n) is 2.03. The molecule has 0 unspecified atom stereocenters. The minimum absolute atomic E-state index is 0.0355. The van der Waals surface area contributed by atoms with E-state index < -0.39 is 10.0 Å². The monoisotopic (exact) mass is 394 g/mol. The predicted octanol–water partition coefficient (Wildman–Crippen LogP) is 1.01. The molecule has 7 heteroatoms. The van der Waals surface area contributed by atoms with Gasteiger partial charge in [-0.15, -0.1) is 0 Å². The smallest absolute Gasteiger partial charge is 0.253 e. The molecule has 1 saturated heterocycles. The highest BCUT2D eigenvalue weighted by Gasteiger charge is 2.26. The number of carbonyl (C=O) groups excluding carboxylic acids is 1. The summed E-state index contributed by atoms with van der Waals surface area (Å²) in [5.41, 5.74) is 0.653. The normalized spacial score (nSPS) is 17.5. The van der Waals surface area contributed by atoms with Gasteiger partial charge in [0.25, 0.3) is 5.91 Å². The summed E-state index contributed by atoms with van der Waals surface area (Å²) in [5, 5.41) is 0. The number of hydrogen-bond donors (Lipinski definition) is 0. The van der Waals surface area contributed by atoms with Crippen LogP contribution in [0.1, 0.15) is 10.4 Å². The largest absolute Gasteiger partial charge is 0.336 e. The first-order chi connectivity index (χ1) is 8.88. The van der Waals surface area contributed by atoms with Crippen molar-refractivity contribution in [3.63, 3.8) is 0 Å². The number of hydrogen-bond acceptors (Lipinski definition) is 3. The third kappa shape index (κ3) is 3.67. The Hall–Kier alpha value is -0.670. The Kier molecular flexibility index (Phi) is 4.46. The molecule has 1 aliphatic heterocycles. The number of piperazine rings is 1. The van der Waals surface area contributed by atoms with Crippen molar-refractivity contribution in [2.24, 2.45) is 0 Å². The van der Waals surface area contributed by atoms with Crippen LogP contribution in [0.3, 0.4) is 0 Å². The lowest BCUT2D eigenvalue weighted by Crippen LogP contribution is -2.50. The molecule has 0 atom stereocenters. The highest BCUT2D eigenvalue weighted by atomic mass is 127. The maximum Gasteiger partial charge on any atom is 0.253 e. The first-order valence-electron chi connectivity index (χ1n) is 5.88. The van der Waals surface area contributed by atoms with Gasteiger partial charge in [-0.05, 0) is 40.8 Å². The summed E-state index contributed by atoms with van der Waals surface area (Å²) < 4.78 is 25.2. The molecule has 2 rings (SSSR count). The number of benzene rings is 1. The van der Waals surface area contributed by atoms with E-state index in [0.29, 0.717) is 31.7 Å². The topological polar surface area (TPSA) is 57.7 Å². The van der Waals surface area contributed by atoms with Crippen LogP contribution in [-0.2, 0) is 10.0 Å². The van der Waals surface area contributed by atoms with E-state index in [1.165, 1.54) is 10.6 Å². The van der Waals surface area contributed by atoms with Crippen LogP contribution in [0.5, 0.6) is 0 Å². The zero-order valence-corrected chi connectivity index (χ0v) is 13.5. The molecular weight excluding hydrogens is 379 g/mol. The molecule has 19 heavy (non-hydrogen) atoms. The lowest BCUT2D eigenvalue weighted by atomic mass is 10.2. The zero-order valence-electron chi connectivity index (χ0n) is 10.5. The van der Waals surface area contributed by atoms with Gasteiger partial charge in [-0.25, -0.2) is 8.42 Å². The van der Waals surface area contributed by atoms with Crippen molar-refractivity contribution in [1.82, 2.24) is 9.21 Å². The van der Waals surface area contributed by atoms with Crippen LogP contribution in [0.25, 0.3) is 0 Å². The van der Waals surface area contributed by atoms with Gasteiger partial charge in [0.1, 0.15) is 0 Å². The van der Waals surface area contributed by atoms with Crippen LogP contribution < -0.4 is 0 Å². The Morgan fingerprint density at radius 1 is 1.21 bits per heavy atom. The van der Waals surface area contributed by atoms with Gasteiger partial charge in [0.15, 0.2) is 0 Å². The highest BCUT2D eigenvalue weighted by molar-refractivity contribution is 14.1. The summed E-state index contributed by atoms with van der Waals surface area (Å²) in [5.74, 6) is -0.0355. The number of sulfonamides is 1. The first-order valence-corrected chi connectivity index (χ1v) is 8.80. The maximum atomic E-state index is 12.3. The average molecular weight is 394 g/mol. The molecule has 1 fully saturated rings. The van der Waals surface area contributed by atoms with Crippen molar-refractivity contribution in [2.75, 3.05) is 32.4 Å². The third-order valence-corrected chi connectivity index (χ3v) is 5.04. The van der Waals surface area contributed by atoms with Crippen molar-refractivity contribution >= 4 is 38.5 Å². The Morgan fingerprint density at radius 2 is 1.84 bits per heavy atom. The van der Waals surface area contributed by atoms with Gasteiger partial charge >= 0.3 is 0 Å². The summed E-state index contributed by atoms with van der Waals surface area (Å²) in [6, 6.07) is 7.40. The van der Waals surface area contributed by atoms with Gasteiger partial charge in [0.2, 0.25) is 10.0 Å². The number of carbonyl (C=O) groups is 1. The SMILES string of the molecule is CS(=O)(=O)N1CCN(C(=O)c2cccc(I)c2)CC1. The average Bonchev–Trinajstić information content (AvgIpc) is 2.37. The molecule has 0 aromatic heterocycles. The Bertz CT molecular complexity index is 580. The predicted molar refractivity (Wildman–Crippen MR) is 81.5 cm³/mol. The minimum Gasteiger partial charge on any atom is -0.336 e.